The molecule has 0 radical (unpaired) electrons. The van der Waals surface area contributed by atoms with Crippen LogP contribution in [0.25, 0.3) is 0 Å². The van der Waals surface area contributed by atoms with E-state index < -0.39 is 158 Å². The van der Waals surface area contributed by atoms with Crippen LogP contribution in [0.15, 0.2) is 0 Å². The summed E-state index contributed by atoms with van der Waals surface area (Å²) in [6.45, 7) is 5.16. The van der Waals surface area contributed by atoms with Gasteiger partial charge in [-0.25, -0.2) is 13.7 Å². The second-order valence-electron chi connectivity index (χ2n) is 24.6. The summed E-state index contributed by atoms with van der Waals surface area (Å²) in [7, 11) is -13.4. The maximum atomic E-state index is 12.7. The van der Waals surface area contributed by atoms with Gasteiger partial charge in [-0.1, -0.05) is 38.5 Å². The molecule has 9 unspecified atom stereocenters. The molecule has 37 nitrogen and oxygen atoms in total. The summed E-state index contributed by atoms with van der Waals surface area (Å²) in [5.41, 5.74) is -0.993. The van der Waals surface area contributed by atoms with Crippen LogP contribution in [0.2, 0.25) is 0 Å². The number of ether oxygens (including phenoxy) is 10. The molecule has 0 bridgehead atoms. The normalized spacial score (nSPS) is 28.4. The van der Waals surface area contributed by atoms with Crippen molar-refractivity contribution in [2.24, 2.45) is 5.41 Å². The van der Waals surface area contributed by atoms with Crippen molar-refractivity contribution < 1.29 is 163 Å². The van der Waals surface area contributed by atoms with Crippen molar-refractivity contribution in [1.29, 1.82) is 0 Å². The summed E-state index contributed by atoms with van der Waals surface area (Å²) in [6.07, 6.45) is -8.98. The number of unbranched alkanes of at least 4 members (excludes halogenated alkanes) is 9. The molecule has 3 aliphatic heterocycles. The Kier molecular flexibility index (Phi) is 45.8. The maximum absolute atomic E-state index is 12.7. The highest BCUT2D eigenvalue weighted by Gasteiger charge is 2.48. The molecule has 3 saturated heterocycles. The summed E-state index contributed by atoms with van der Waals surface area (Å²) in [5, 5.41) is 98.1. The number of carbonyl (C=O) groups is 3. The van der Waals surface area contributed by atoms with Crippen LogP contribution in [-0.4, -0.2) is 302 Å². The van der Waals surface area contributed by atoms with Crippen LogP contribution in [0.1, 0.15) is 131 Å². The molecule has 15 N–H and O–H groups in total. The molecule has 3 aliphatic rings. The standard InChI is InChI=1S/C59H114N3O34P3/c1-40(2)87-39-59(36-81-21-18-30-91-97(75,76)88-27-15-9-6-12-24-84-56-47(60-41(3)66)53(72)50(69)44(33-63)94-56,37-82-22-19-31-92-98(77,78)89-28-16-10-7-13-25-85-57-48(61-42(4)67)54(73)51(70)45(34-64)95-57)38-83-23-20-32-93-99(79,80)90-29-17-11-8-14-26-86-58-49(62-43(5)68)55(74)52(71)46(35-65)96-58/h40,44-58,63-65,69-74H,6-39H2,1-5H3,(H,60,66)(H,61,67)(H,62,68)(H,75,76)(H,77,78)(H,79,80)/t44?,45?,46?,47?,48?,49?,50-,51-,52-,53+,54+,55+,56+,57+,58+,59?/m0/s1. The Morgan fingerprint density at radius 1 is 0.374 bits per heavy atom. The van der Waals surface area contributed by atoms with E-state index in [-0.39, 0.29) is 131 Å². The lowest BCUT2D eigenvalue weighted by Gasteiger charge is -2.42. The summed E-state index contributed by atoms with van der Waals surface area (Å²) in [6, 6.07) is -3.21. The number of aliphatic hydroxyl groups is 9. The quantitative estimate of drug-likeness (QED) is 0.0272. The monoisotopic (exact) mass is 1500 g/mol. The van der Waals surface area contributed by atoms with E-state index in [9.17, 15) is 88.7 Å². The summed E-state index contributed by atoms with van der Waals surface area (Å²) < 4.78 is 127. The van der Waals surface area contributed by atoms with Crippen molar-refractivity contribution in [2.75, 3.05) is 126 Å². The van der Waals surface area contributed by atoms with Gasteiger partial charge >= 0.3 is 23.5 Å². The van der Waals surface area contributed by atoms with Crippen molar-refractivity contribution in [3.05, 3.63) is 0 Å². The van der Waals surface area contributed by atoms with Crippen LogP contribution in [0, 0.1) is 5.41 Å². The highest BCUT2D eigenvalue weighted by atomic mass is 31.2. The van der Waals surface area contributed by atoms with Gasteiger partial charge in [0.15, 0.2) is 18.9 Å². The van der Waals surface area contributed by atoms with Crippen LogP contribution in [0.4, 0.5) is 0 Å². The zero-order valence-electron chi connectivity index (χ0n) is 57.5. The highest BCUT2D eigenvalue weighted by molar-refractivity contribution is 7.47. The largest absolute Gasteiger partial charge is 0.472 e. The van der Waals surface area contributed by atoms with E-state index in [4.69, 9.17) is 74.5 Å². The molecule has 0 aromatic carbocycles. The smallest absolute Gasteiger partial charge is 0.394 e. The molecule has 0 aromatic heterocycles. The van der Waals surface area contributed by atoms with E-state index in [0.29, 0.717) is 77.0 Å². The van der Waals surface area contributed by atoms with Gasteiger partial charge in [0.2, 0.25) is 17.7 Å². The van der Waals surface area contributed by atoms with E-state index in [1.807, 2.05) is 13.8 Å². The lowest BCUT2D eigenvalue weighted by atomic mass is 9.92. The molecule has 3 amide bonds. The van der Waals surface area contributed by atoms with Crippen LogP contribution < -0.4 is 16.0 Å². The van der Waals surface area contributed by atoms with Gasteiger partial charge in [-0.05, 0) is 71.6 Å². The lowest BCUT2D eigenvalue weighted by molar-refractivity contribution is -0.270. The van der Waals surface area contributed by atoms with Crippen molar-refractivity contribution in [3.63, 3.8) is 0 Å². The van der Waals surface area contributed by atoms with Gasteiger partial charge in [0.1, 0.15) is 73.1 Å². The molecular formula is C59H114N3O34P3. The number of hydrogen-bond acceptors (Lipinski definition) is 31. The van der Waals surface area contributed by atoms with Gasteiger partial charge in [0.05, 0.1) is 97.4 Å². The van der Waals surface area contributed by atoms with Crippen LogP contribution >= 0.6 is 23.5 Å². The average molecular weight is 1500 g/mol. The Morgan fingerprint density at radius 3 is 0.848 bits per heavy atom. The Balaban J connectivity index is 1.44. The molecule has 3 rings (SSSR count). The van der Waals surface area contributed by atoms with Gasteiger partial charge in [-0.3, -0.25) is 41.5 Å². The van der Waals surface area contributed by atoms with Gasteiger partial charge in [0, 0.05) is 60.4 Å². The second-order valence-corrected chi connectivity index (χ2v) is 29.0. The third kappa shape index (κ3) is 37.2. The molecule has 584 valence electrons. The number of amides is 3. The van der Waals surface area contributed by atoms with Crippen molar-refractivity contribution in [1.82, 2.24) is 16.0 Å². The molecular weight excluding hydrogens is 1390 g/mol. The Labute approximate surface area is 578 Å². The first-order valence-electron chi connectivity index (χ1n) is 33.7. The van der Waals surface area contributed by atoms with Gasteiger partial charge in [0.25, 0.3) is 0 Å². The third-order valence-electron chi connectivity index (χ3n) is 15.5. The molecule has 0 aromatic rings. The van der Waals surface area contributed by atoms with E-state index in [1.165, 1.54) is 20.8 Å². The number of hydrogen-bond donors (Lipinski definition) is 15. The molecule has 99 heavy (non-hydrogen) atoms. The first-order valence-corrected chi connectivity index (χ1v) is 38.2. The summed E-state index contributed by atoms with van der Waals surface area (Å²) >= 11 is 0. The third-order valence-corrected chi connectivity index (χ3v) is 18.5. The topological polar surface area (TPSA) is 529 Å². The number of aliphatic hydroxyl groups excluding tert-OH is 9. The van der Waals surface area contributed by atoms with Gasteiger partial charge < -0.3 is 124 Å². The van der Waals surface area contributed by atoms with Crippen LogP contribution in [0.5, 0.6) is 0 Å². The van der Waals surface area contributed by atoms with E-state index in [2.05, 4.69) is 16.0 Å². The Hall–Kier alpha value is -2.02. The number of rotatable bonds is 57. The fourth-order valence-corrected chi connectivity index (χ4v) is 12.6. The number of carbonyl (C=O) groups excluding carboxylic acids is 3. The minimum Gasteiger partial charge on any atom is -0.394 e. The maximum Gasteiger partial charge on any atom is 0.472 e. The minimum atomic E-state index is -4.46. The zero-order chi connectivity index (χ0) is 73.4. The number of phosphoric acid groups is 3. The first kappa shape index (κ1) is 91.2. The summed E-state index contributed by atoms with van der Waals surface area (Å²) in [5.74, 6) is -1.45. The van der Waals surface area contributed by atoms with E-state index in [1.54, 1.807) is 0 Å². The minimum absolute atomic E-state index is 0.0231. The predicted octanol–water partition coefficient (Wildman–Crippen LogP) is -0.419. The van der Waals surface area contributed by atoms with Crippen molar-refractivity contribution in [2.45, 2.75) is 229 Å². The van der Waals surface area contributed by atoms with Crippen molar-refractivity contribution >= 4 is 41.2 Å². The van der Waals surface area contributed by atoms with E-state index in [0.717, 1.165) is 0 Å². The van der Waals surface area contributed by atoms with Crippen molar-refractivity contribution in [3.8, 4) is 0 Å². The lowest BCUT2D eigenvalue weighted by Crippen LogP contribution is -2.64. The molecule has 40 heteroatoms. The molecule has 0 aliphatic carbocycles. The molecule has 3 fully saturated rings. The Bertz CT molecular complexity index is 2110. The fraction of sp³-hybridized carbons (Fsp3) is 0.949. The van der Waals surface area contributed by atoms with Crippen LogP contribution in [0.3, 0.4) is 0 Å². The fourth-order valence-electron chi connectivity index (χ4n) is 10.2. The van der Waals surface area contributed by atoms with Gasteiger partial charge in [-0.2, -0.15) is 0 Å². The SMILES string of the molecule is CC(=O)NC1[C@H](OCCCCCCOP(=O)(O)OCCCOCC(COCCCOP(=O)(O)OCCCCCCO[C@@H]2OC(CO)[C@H](O)[C@H](O)C2NC(C)=O)(COCCCOP(=O)(O)OCCCCCCO[C@@H]2OC(CO)[C@H](O)[C@H](O)C2NC(C)=O)COC(C)C)OC(CO)[C@H](O)[C@@H]1O. The number of phosphoric ester groups is 3. The zero-order valence-corrected chi connectivity index (χ0v) is 60.2. The summed E-state index contributed by atoms with van der Waals surface area (Å²) in [4.78, 5) is 66.1. The van der Waals surface area contributed by atoms with Crippen LogP contribution in [-0.2, 0) is 103 Å². The molecule has 0 saturated carbocycles. The first-order chi connectivity index (χ1) is 47.0. The molecule has 0 spiro atoms. The number of nitrogens with one attached hydrogen (secondary N) is 3. The predicted molar refractivity (Wildman–Crippen MR) is 344 cm³/mol. The highest BCUT2D eigenvalue weighted by Crippen LogP contribution is 2.45. The Morgan fingerprint density at radius 2 is 0.616 bits per heavy atom. The van der Waals surface area contributed by atoms with E-state index >= 15 is 0 Å². The molecule has 3 heterocycles. The van der Waals surface area contributed by atoms with Gasteiger partial charge in [-0.15, -0.1) is 0 Å². The molecule has 18 atom stereocenters. The second kappa shape index (κ2) is 49.7. The average Bonchev–Trinajstić information content (AvgIpc) is 0.824.